The Morgan fingerprint density at radius 2 is 2.23 bits per heavy atom. The maximum Gasteiger partial charge on any atom is 0.261 e. The molecule has 2 amide bonds. The van der Waals surface area contributed by atoms with E-state index in [0.29, 0.717) is 6.54 Å². The number of piperidine rings is 1. The molecule has 2 heterocycles. The smallest absolute Gasteiger partial charge is 0.261 e. The number of carbonyl (C=O) groups excluding carboxylic acids is 2. The Balaban J connectivity index is 1.76. The lowest BCUT2D eigenvalue weighted by atomic mass is 10.0. The SMILES string of the molecule is C=CCNC(=O)[C@H](C)N1CCC(NC(=O)c2cccs2)CC1. The number of amides is 2. The van der Waals surface area contributed by atoms with Crippen molar-refractivity contribution in [1.29, 1.82) is 0 Å². The Morgan fingerprint density at radius 1 is 1.50 bits per heavy atom. The number of carbonyl (C=O) groups is 2. The first-order valence-electron chi connectivity index (χ1n) is 7.59. The van der Waals surface area contributed by atoms with Crippen molar-refractivity contribution < 1.29 is 9.59 Å². The molecule has 0 bridgehead atoms. The summed E-state index contributed by atoms with van der Waals surface area (Å²) in [5, 5.41) is 7.80. The second-order valence-corrected chi connectivity index (χ2v) is 6.42. The summed E-state index contributed by atoms with van der Waals surface area (Å²) in [6.07, 6.45) is 3.42. The van der Waals surface area contributed by atoms with Crippen LogP contribution in [0.5, 0.6) is 0 Å². The van der Waals surface area contributed by atoms with Crippen LogP contribution < -0.4 is 10.6 Å². The van der Waals surface area contributed by atoms with Crippen LogP contribution in [0.2, 0.25) is 0 Å². The topological polar surface area (TPSA) is 61.4 Å². The number of nitrogens with one attached hydrogen (secondary N) is 2. The van der Waals surface area contributed by atoms with Gasteiger partial charge in [-0.05, 0) is 31.2 Å². The highest BCUT2D eigenvalue weighted by Crippen LogP contribution is 2.15. The molecule has 5 nitrogen and oxygen atoms in total. The van der Waals surface area contributed by atoms with Crippen LogP contribution in [0.25, 0.3) is 0 Å². The highest BCUT2D eigenvalue weighted by molar-refractivity contribution is 7.12. The third-order valence-corrected chi connectivity index (χ3v) is 4.83. The van der Waals surface area contributed by atoms with Gasteiger partial charge in [0, 0.05) is 25.7 Å². The zero-order valence-corrected chi connectivity index (χ0v) is 13.7. The van der Waals surface area contributed by atoms with E-state index in [2.05, 4.69) is 22.1 Å². The molecule has 2 rings (SSSR count). The third-order valence-electron chi connectivity index (χ3n) is 3.96. The van der Waals surface area contributed by atoms with Gasteiger partial charge in [0.1, 0.15) is 0 Å². The maximum atomic E-state index is 12.0. The summed E-state index contributed by atoms with van der Waals surface area (Å²) in [4.78, 5) is 26.9. The molecule has 1 aliphatic rings. The highest BCUT2D eigenvalue weighted by Gasteiger charge is 2.27. The minimum absolute atomic E-state index is 0.00484. The molecule has 0 unspecified atom stereocenters. The van der Waals surface area contributed by atoms with Crippen molar-refractivity contribution in [2.75, 3.05) is 19.6 Å². The van der Waals surface area contributed by atoms with E-state index in [-0.39, 0.29) is 23.9 Å². The molecule has 6 heteroatoms. The van der Waals surface area contributed by atoms with Gasteiger partial charge in [0.15, 0.2) is 0 Å². The van der Waals surface area contributed by atoms with Crippen LogP contribution in [0.1, 0.15) is 29.4 Å². The van der Waals surface area contributed by atoms with Crippen LogP contribution in [0.4, 0.5) is 0 Å². The van der Waals surface area contributed by atoms with Gasteiger partial charge in [-0.15, -0.1) is 17.9 Å². The van der Waals surface area contributed by atoms with E-state index >= 15 is 0 Å². The summed E-state index contributed by atoms with van der Waals surface area (Å²) in [5.41, 5.74) is 0. The first-order chi connectivity index (χ1) is 10.6. The first kappa shape index (κ1) is 16.7. The van der Waals surface area contributed by atoms with Gasteiger partial charge in [-0.3, -0.25) is 14.5 Å². The Morgan fingerprint density at radius 3 is 2.82 bits per heavy atom. The summed E-state index contributed by atoms with van der Waals surface area (Å²) >= 11 is 1.45. The minimum Gasteiger partial charge on any atom is -0.351 e. The number of hydrogen-bond donors (Lipinski definition) is 2. The van der Waals surface area contributed by atoms with Crippen molar-refractivity contribution >= 4 is 23.2 Å². The van der Waals surface area contributed by atoms with Gasteiger partial charge in [0.25, 0.3) is 5.91 Å². The first-order valence-corrected chi connectivity index (χ1v) is 8.46. The van der Waals surface area contributed by atoms with Gasteiger partial charge in [-0.1, -0.05) is 12.1 Å². The van der Waals surface area contributed by atoms with E-state index in [1.54, 1.807) is 6.08 Å². The van der Waals surface area contributed by atoms with Crippen LogP contribution >= 0.6 is 11.3 Å². The van der Waals surface area contributed by atoms with Crippen LogP contribution in [-0.2, 0) is 4.79 Å². The van der Waals surface area contributed by atoms with E-state index in [0.717, 1.165) is 30.8 Å². The van der Waals surface area contributed by atoms with Crippen molar-refractivity contribution in [3.8, 4) is 0 Å². The van der Waals surface area contributed by atoms with Crippen LogP contribution in [0, 0.1) is 0 Å². The zero-order valence-electron chi connectivity index (χ0n) is 12.9. The fourth-order valence-electron chi connectivity index (χ4n) is 2.58. The average molecular weight is 321 g/mol. The summed E-state index contributed by atoms with van der Waals surface area (Å²) in [7, 11) is 0. The molecule has 0 aromatic carbocycles. The molecule has 1 aromatic rings. The van der Waals surface area contributed by atoms with E-state index in [4.69, 9.17) is 0 Å². The quantitative estimate of drug-likeness (QED) is 0.783. The van der Waals surface area contributed by atoms with Crippen molar-refractivity contribution in [1.82, 2.24) is 15.5 Å². The lowest BCUT2D eigenvalue weighted by Crippen LogP contribution is -2.51. The average Bonchev–Trinajstić information content (AvgIpc) is 3.07. The van der Waals surface area contributed by atoms with Crippen molar-refractivity contribution in [3.05, 3.63) is 35.0 Å². The van der Waals surface area contributed by atoms with Crippen molar-refractivity contribution in [2.24, 2.45) is 0 Å². The maximum absolute atomic E-state index is 12.0. The lowest BCUT2D eigenvalue weighted by molar-refractivity contribution is -0.126. The summed E-state index contributed by atoms with van der Waals surface area (Å²) in [6, 6.07) is 3.76. The molecule has 0 spiro atoms. The number of rotatable bonds is 6. The van der Waals surface area contributed by atoms with Crippen molar-refractivity contribution in [3.63, 3.8) is 0 Å². The van der Waals surface area contributed by atoms with Gasteiger partial charge in [-0.2, -0.15) is 0 Å². The molecule has 1 aromatic heterocycles. The van der Waals surface area contributed by atoms with Gasteiger partial charge >= 0.3 is 0 Å². The Kier molecular flexibility index (Phi) is 6.15. The molecular formula is C16H23N3O2S. The molecule has 120 valence electrons. The van der Waals surface area contributed by atoms with Crippen LogP contribution in [0.3, 0.4) is 0 Å². The van der Waals surface area contributed by atoms with E-state index in [1.807, 2.05) is 24.4 Å². The standard InChI is InChI=1S/C16H23N3O2S/c1-3-8-17-15(20)12(2)19-9-6-13(7-10-19)18-16(21)14-5-4-11-22-14/h3-5,11-13H,1,6-10H2,2H3,(H,17,20)(H,18,21)/t12-/m0/s1. The van der Waals surface area contributed by atoms with Gasteiger partial charge in [-0.25, -0.2) is 0 Å². The highest BCUT2D eigenvalue weighted by atomic mass is 32.1. The Labute approximate surface area is 135 Å². The Bertz CT molecular complexity index is 507. The largest absolute Gasteiger partial charge is 0.351 e. The van der Waals surface area contributed by atoms with Crippen molar-refractivity contribution in [2.45, 2.75) is 31.8 Å². The molecule has 1 saturated heterocycles. The second-order valence-electron chi connectivity index (χ2n) is 5.47. The van der Waals surface area contributed by atoms with Gasteiger partial charge in [0.2, 0.25) is 5.91 Å². The predicted octanol–water partition coefficient (Wildman–Crippen LogP) is 1.63. The fraction of sp³-hybridized carbons (Fsp3) is 0.500. The fourth-order valence-corrected chi connectivity index (χ4v) is 3.21. The normalized spacial score (nSPS) is 17.7. The second kappa shape index (κ2) is 8.10. The number of likely N-dealkylation sites (tertiary alicyclic amines) is 1. The number of nitrogens with zero attached hydrogens (tertiary/aromatic N) is 1. The summed E-state index contributed by atoms with van der Waals surface area (Å²) in [5.74, 6) is 0.0335. The third kappa shape index (κ3) is 4.42. The summed E-state index contributed by atoms with van der Waals surface area (Å²) in [6.45, 7) is 7.65. The molecule has 0 saturated carbocycles. The Hall–Kier alpha value is -1.66. The van der Waals surface area contributed by atoms with Crippen LogP contribution in [0.15, 0.2) is 30.2 Å². The number of hydrogen-bond acceptors (Lipinski definition) is 4. The van der Waals surface area contributed by atoms with E-state index in [1.165, 1.54) is 11.3 Å². The van der Waals surface area contributed by atoms with E-state index in [9.17, 15) is 9.59 Å². The molecule has 22 heavy (non-hydrogen) atoms. The predicted molar refractivity (Wildman–Crippen MR) is 89.0 cm³/mol. The molecule has 0 aliphatic carbocycles. The minimum atomic E-state index is -0.145. The molecular weight excluding hydrogens is 298 g/mol. The molecule has 2 N–H and O–H groups in total. The molecule has 1 atom stereocenters. The van der Waals surface area contributed by atoms with Gasteiger partial charge < -0.3 is 10.6 Å². The summed E-state index contributed by atoms with van der Waals surface area (Å²) < 4.78 is 0. The van der Waals surface area contributed by atoms with Crippen LogP contribution in [-0.4, -0.2) is 48.4 Å². The zero-order chi connectivity index (χ0) is 15.9. The number of thiophene rings is 1. The molecule has 1 fully saturated rings. The molecule has 0 radical (unpaired) electrons. The van der Waals surface area contributed by atoms with E-state index < -0.39 is 0 Å². The monoisotopic (exact) mass is 321 g/mol. The molecule has 1 aliphatic heterocycles. The van der Waals surface area contributed by atoms with Gasteiger partial charge in [0.05, 0.1) is 10.9 Å². The lowest BCUT2D eigenvalue weighted by Gasteiger charge is -2.35.